The van der Waals surface area contributed by atoms with Crippen molar-refractivity contribution in [2.24, 2.45) is 0 Å². The molecule has 1 rings (SSSR count). The summed E-state index contributed by atoms with van der Waals surface area (Å²) in [5, 5.41) is 34.6. The van der Waals surface area contributed by atoms with E-state index in [9.17, 15) is 25.1 Å². The zero-order chi connectivity index (χ0) is 21.1. The van der Waals surface area contributed by atoms with E-state index in [4.69, 9.17) is 4.74 Å². The van der Waals surface area contributed by atoms with Gasteiger partial charge in [-0.25, -0.2) is 0 Å². The molecule has 0 aliphatic heterocycles. The van der Waals surface area contributed by atoms with Gasteiger partial charge in [-0.2, -0.15) is 0 Å². The summed E-state index contributed by atoms with van der Waals surface area (Å²) in [7, 11) is 0. The summed E-state index contributed by atoms with van der Waals surface area (Å²) in [4.78, 5) is 25.6. The van der Waals surface area contributed by atoms with Gasteiger partial charge in [-0.1, -0.05) is 0 Å². The lowest BCUT2D eigenvalue weighted by atomic mass is 10.0. The number of carbonyl (C=O) groups excluding carboxylic acids is 1. The van der Waals surface area contributed by atoms with Crippen LogP contribution in [-0.2, 0) is 9.63 Å². The summed E-state index contributed by atoms with van der Waals surface area (Å²) in [6.45, 7) is 6.57. The summed E-state index contributed by atoms with van der Waals surface area (Å²) in [5.74, 6) is 0.658. The number of amides is 1. The van der Waals surface area contributed by atoms with E-state index in [-0.39, 0.29) is 37.7 Å². The number of hydrogen-bond acceptors (Lipinski definition) is 8. The van der Waals surface area contributed by atoms with Crippen LogP contribution in [0.25, 0.3) is 0 Å². The van der Waals surface area contributed by atoms with E-state index in [1.54, 1.807) is 13.0 Å². The van der Waals surface area contributed by atoms with Gasteiger partial charge in [-0.05, 0) is 49.9 Å². The smallest absolute Gasteiger partial charge is 0.294 e. The summed E-state index contributed by atoms with van der Waals surface area (Å²) >= 11 is 0. The Morgan fingerprint density at radius 3 is 2.68 bits per heavy atom. The Balaban J connectivity index is 2.17. The molecule has 158 valence electrons. The largest absolute Gasteiger partial charge is 0.507 e. The van der Waals surface area contributed by atoms with Crippen LogP contribution in [0.1, 0.15) is 29.5 Å². The van der Waals surface area contributed by atoms with E-state index in [0.717, 1.165) is 11.1 Å². The lowest BCUT2D eigenvalue weighted by Crippen LogP contribution is -2.37. The maximum atomic E-state index is 11.5. The van der Waals surface area contributed by atoms with Crippen LogP contribution in [0.15, 0.2) is 6.07 Å². The highest BCUT2D eigenvalue weighted by Crippen LogP contribution is 2.31. The molecule has 1 aromatic rings. The second-order valence-corrected chi connectivity index (χ2v) is 6.47. The van der Waals surface area contributed by atoms with Gasteiger partial charge in [0, 0.05) is 26.1 Å². The maximum Gasteiger partial charge on any atom is 0.294 e. The second kappa shape index (κ2) is 12.0. The summed E-state index contributed by atoms with van der Waals surface area (Å²) < 4.78 is 5.65. The van der Waals surface area contributed by atoms with Gasteiger partial charge in [0.1, 0.15) is 24.2 Å². The van der Waals surface area contributed by atoms with Gasteiger partial charge in [0.15, 0.2) is 0 Å². The van der Waals surface area contributed by atoms with Gasteiger partial charge in [0.05, 0.1) is 6.61 Å². The predicted molar refractivity (Wildman–Crippen MR) is 102 cm³/mol. The number of rotatable bonds is 13. The third kappa shape index (κ3) is 8.40. The van der Waals surface area contributed by atoms with Crippen molar-refractivity contribution in [1.82, 2.24) is 10.6 Å². The number of phenols is 1. The van der Waals surface area contributed by atoms with Gasteiger partial charge in [0.25, 0.3) is 5.09 Å². The third-order valence-electron chi connectivity index (χ3n) is 4.19. The van der Waals surface area contributed by atoms with Crippen molar-refractivity contribution in [2.75, 3.05) is 32.8 Å². The van der Waals surface area contributed by atoms with Crippen molar-refractivity contribution in [2.45, 2.75) is 39.7 Å². The standard InChI is InChI=1S/C18H29N3O7/c1-12-9-16(13(2)14(3)18(12)24)27-11-15(22)10-19-6-7-20-17(23)5-4-8-28-21(25)26/h9,15,19,22,24H,4-8,10-11H2,1-3H3,(H,20,23). The molecule has 0 bridgehead atoms. The van der Waals surface area contributed by atoms with Crippen molar-refractivity contribution in [3.63, 3.8) is 0 Å². The summed E-state index contributed by atoms with van der Waals surface area (Å²) in [6.07, 6.45) is -0.315. The van der Waals surface area contributed by atoms with Gasteiger partial charge >= 0.3 is 0 Å². The fraction of sp³-hybridized carbons (Fsp3) is 0.611. The molecule has 0 radical (unpaired) electrons. The molecule has 10 heteroatoms. The van der Waals surface area contributed by atoms with Crippen LogP contribution in [0, 0.1) is 30.9 Å². The molecule has 1 atom stereocenters. The third-order valence-corrected chi connectivity index (χ3v) is 4.19. The zero-order valence-corrected chi connectivity index (χ0v) is 16.5. The lowest BCUT2D eigenvalue weighted by Gasteiger charge is -2.17. The number of aliphatic hydroxyl groups is 1. The minimum absolute atomic E-state index is 0.0975. The van der Waals surface area contributed by atoms with Crippen LogP contribution in [0.5, 0.6) is 11.5 Å². The first-order valence-electron chi connectivity index (χ1n) is 9.07. The number of benzene rings is 1. The van der Waals surface area contributed by atoms with Crippen molar-refractivity contribution >= 4 is 5.91 Å². The molecule has 0 aliphatic carbocycles. The summed E-state index contributed by atoms with van der Waals surface area (Å²) in [5.41, 5.74) is 2.30. The number of nitrogens with zero attached hydrogens (tertiary/aromatic N) is 1. The Hall–Kier alpha value is -2.59. The number of carbonyl (C=O) groups is 1. The van der Waals surface area contributed by atoms with E-state index in [2.05, 4.69) is 15.5 Å². The Bertz CT molecular complexity index is 667. The Labute approximate surface area is 163 Å². The average Bonchev–Trinajstić information content (AvgIpc) is 2.65. The van der Waals surface area contributed by atoms with E-state index in [1.807, 2.05) is 13.8 Å². The van der Waals surface area contributed by atoms with Crippen molar-refractivity contribution in [3.8, 4) is 11.5 Å². The first-order chi connectivity index (χ1) is 13.2. The minimum atomic E-state index is -0.887. The Kier molecular flexibility index (Phi) is 10.0. The van der Waals surface area contributed by atoms with E-state index in [1.165, 1.54) is 0 Å². The molecule has 0 saturated carbocycles. The monoisotopic (exact) mass is 399 g/mol. The molecule has 0 aromatic heterocycles. The Morgan fingerprint density at radius 1 is 1.29 bits per heavy atom. The van der Waals surface area contributed by atoms with Crippen LogP contribution in [0.3, 0.4) is 0 Å². The number of aryl methyl sites for hydroxylation is 1. The highest BCUT2D eigenvalue weighted by atomic mass is 16.9. The predicted octanol–water partition coefficient (Wildman–Crippen LogP) is 0.751. The number of aliphatic hydroxyl groups excluding tert-OH is 1. The van der Waals surface area contributed by atoms with Crippen LogP contribution in [-0.4, -0.2) is 60.2 Å². The maximum absolute atomic E-state index is 11.5. The molecule has 1 unspecified atom stereocenters. The minimum Gasteiger partial charge on any atom is -0.507 e. The number of phenolic OH excluding ortho intramolecular Hbond substituents is 1. The molecular weight excluding hydrogens is 370 g/mol. The fourth-order valence-corrected chi connectivity index (χ4v) is 2.45. The first-order valence-corrected chi connectivity index (χ1v) is 9.07. The van der Waals surface area contributed by atoms with Gasteiger partial charge in [-0.15, -0.1) is 10.1 Å². The molecule has 0 spiro atoms. The molecule has 10 nitrogen and oxygen atoms in total. The molecule has 0 heterocycles. The fourth-order valence-electron chi connectivity index (χ4n) is 2.45. The van der Waals surface area contributed by atoms with Crippen molar-refractivity contribution in [1.29, 1.82) is 0 Å². The topological polar surface area (TPSA) is 143 Å². The SMILES string of the molecule is Cc1cc(OCC(O)CNCCNC(=O)CCCO[N+](=O)[O-])c(C)c(C)c1O. The zero-order valence-electron chi connectivity index (χ0n) is 16.5. The first kappa shape index (κ1) is 23.4. The van der Waals surface area contributed by atoms with Crippen LogP contribution < -0.4 is 15.4 Å². The van der Waals surface area contributed by atoms with Crippen LogP contribution in [0.2, 0.25) is 0 Å². The molecule has 28 heavy (non-hydrogen) atoms. The number of nitrogens with one attached hydrogen (secondary N) is 2. The lowest BCUT2D eigenvalue weighted by molar-refractivity contribution is -0.757. The van der Waals surface area contributed by atoms with Crippen LogP contribution >= 0.6 is 0 Å². The average molecular weight is 399 g/mol. The van der Waals surface area contributed by atoms with E-state index >= 15 is 0 Å². The number of aromatic hydroxyl groups is 1. The van der Waals surface area contributed by atoms with E-state index < -0.39 is 11.2 Å². The van der Waals surface area contributed by atoms with Crippen LogP contribution in [0.4, 0.5) is 0 Å². The molecule has 1 aromatic carbocycles. The van der Waals surface area contributed by atoms with Crippen molar-refractivity contribution < 1.29 is 29.7 Å². The highest BCUT2D eigenvalue weighted by Gasteiger charge is 2.12. The molecule has 0 aliphatic rings. The molecule has 4 N–H and O–H groups in total. The quantitative estimate of drug-likeness (QED) is 0.216. The van der Waals surface area contributed by atoms with Crippen molar-refractivity contribution in [3.05, 3.63) is 32.9 Å². The molecule has 0 fully saturated rings. The highest BCUT2D eigenvalue weighted by molar-refractivity contribution is 5.75. The Morgan fingerprint density at radius 2 is 2.00 bits per heavy atom. The molecular formula is C18H29N3O7. The number of ether oxygens (including phenoxy) is 1. The van der Waals surface area contributed by atoms with Gasteiger partial charge < -0.3 is 30.4 Å². The molecule has 0 saturated heterocycles. The normalized spacial score (nSPS) is 11.7. The second-order valence-electron chi connectivity index (χ2n) is 6.47. The van der Waals surface area contributed by atoms with Gasteiger partial charge in [-0.3, -0.25) is 4.79 Å². The van der Waals surface area contributed by atoms with Gasteiger partial charge in [0.2, 0.25) is 5.91 Å². The number of hydrogen-bond donors (Lipinski definition) is 4. The van der Waals surface area contributed by atoms with E-state index in [0.29, 0.717) is 30.9 Å². The molecule has 1 amide bonds. The summed E-state index contributed by atoms with van der Waals surface area (Å²) in [6, 6.07) is 1.74.